The summed E-state index contributed by atoms with van der Waals surface area (Å²) in [4.78, 5) is 69.9. The Bertz CT molecular complexity index is 2540. The number of nitrogens with zero attached hydrogens (tertiary/aromatic N) is 3. The molecular formula is C45H54N6O9S2. The first-order valence-corrected chi connectivity index (χ1v) is 24.3. The Morgan fingerprint density at radius 2 is 1.74 bits per heavy atom. The van der Waals surface area contributed by atoms with Crippen LogP contribution in [0.4, 0.5) is 4.79 Å². The van der Waals surface area contributed by atoms with Crippen molar-refractivity contribution in [2.45, 2.75) is 145 Å². The lowest BCUT2D eigenvalue weighted by molar-refractivity contribution is -0.141. The highest BCUT2D eigenvalue weighted by Crippen LogP contribution is 2.46. The number of benzene rings is 1. The summed E-state index contributed by atoms with van der Waals surface area (Å²) >= 11 is 1.59. The van der Waals surface area contributed by atoms with Gasteiger partial charge in [0.2, 0.25) is 27.4 Å². The van der Waals surface area contributed by atoms with Crippen molar-refractivity contribution < 1.29 is 41.5 Å². The Hall–Kier alpha value is -5.03. The third kappa shape index (κ3) is 8.66. The number of sulfonamides is 1. The second kappa shape index (κ2) is 16.6. The van der Waals surface area contributed by atoms with E-state index in [1.807, 2.05) is 42.5 Å². The number of alkyl carbamates (subject to hydrolysis) is 1. The lowest BCUT2D eigenvalue weighted by Gasteiger charge is -2.30. The van der Waals surface area contributed by atoms with E-state index in [2.05, 4.69) is 42.2 Å². The second-order valence-corrected chi connectivity index (χ2v) is 21.6. The molecule has 330 valence electrons. The Morgan fingerprint density at radius 1 is 0.968 bits per heavy atom. The number of furan rings is 1. The fraction of sp³-hybridized carbons (Fsp3) is 0.556. The molecule has 1 saturated heterocycles. The molecule has 2 aliphatic heterocycles. The van der Waals surface area contributed by atoms with Gasteiger partial charge in [-0.1, -0.05) is 57.9 Å². The van der Waals surface area contributed by atoms with E-state index in [1.54, 1.807) is 11.3 Å². The number of para-hydroxylation sites is 1. The predicted octanol–water partition coefficient (Wildman–Crippen LogP) is 6.79. The number of rotatable bonds is 8. The van der Waals surface area contributed by atoms with Crippen molar-refractivity contribution in [3.63, 3.8) is 0 Å². The van der Waals surface area contributed by atoms with Crippen molar-refractivity contribution in [2.24, 2.45) is 5.92 Å². The molecule has 0 unspecified atom stereocenters. The molecule has 3 saturated carbocycles. The summed E-state index contributed by atoms with van der Waals surface area (Å²) in [5.41, 5.74) is -0.159. The van der Waals surface area contributed by atoms with E-state index in [0.29, 0.717) is 54.6 Å². The van der Waals surface area contributed by atoms with Gasteiger partial charge in [-0.2, -0.15) is 4.98 Å². The van der Waals surface area contributed by atoms with Gasteiger partial charge in [0.15, 0.2) is 5.82 Å². The zero-order valence-electron chi connectivity index (χ0n) is 35.3. The van der Waals surface area contributed by atoms with Gasteiger partial charge in [0, 0.05) is 22.6 Å². The van der Waals surface area contributed by atoms with E-state index < -0.39 is 68.7 Å². The molecule has 4 aromatic rings. The average Bonchev–Trinajstić information content (AvgIpc) is 3.86. The fourth-order valence-electron chi connectivity index (χ4n) is 8.96. The molecule has 4 fully saturated rings. The van der Waals surface area contributed by atoms with Gasteiger partial charge in [0.05, 0.1) is 16.7 Å². The summed E-state index contributed by atoms with van der Waals surface area (Å²) in [6.07, 6.45) is 9.93. The minimum Gasteiger partial charge on any atom is -0.470 e. The molecule has 5 aliphatic rings. The molecule has 5 atom stereocenters. The molecule has 0 bridgehead atoms. The van der Waals surface area contributed by atoms with Crippen LogP contribution in [0.3, 0.4) is 0 Å². The standard InChI is InChI=1S/C45H54N6O9S2/c1-44(2,3)35-22-21-34(61-35)38-47-36-30-16-11-12-18-33(30)60-37(36)40(48-38)58-28-23-32-39(52)49-45(42(54)50-62(56,57)29-19-20-29)24-26(45)13-7-5-4-6-8-17-31(41(53)51(32)25-28)46-43(55)59-27-14-9-10-15-27/h7,11-13,16,18,21-22,26-29,31-32H,4-6,8-10,14-15,17,19-20,23-25H2,1-3H3,(H,46,55)(H,49,52)(H,50,54)/b13-7-/t26-,28-,31+,32+,45-/m1/s1. The highest BCUT2D eigenvalue weighted by Gasteiger charge is 2.62. The maximum absolute atomic E-state index is 14.8. The van der Waals surface area contributed by atoms with Crippen LogP contribution in [0.15, 0.2) is 53.0 Å². The molecule has 9 rings (SSSR count). The van der Waals surface area contributed by atoms with E-state index in [-0.39, 0.29) is 36.8 Å². The van der Waals surface area contributed by atoms with Crippen LogP contribution in [0.25, 0.3) is 32.8 Å². The number of thiophene rings is 1. The maximum Gasteiger partial charge on any atom is 0.408 e. The zero-order valence-corrected chi connectivity index (χ0v) is 36.9. The van der Waals surface area contributed by atoms with Gasteiger partial charge in [0.1, 0.15) is 40.9 Å². The van der Waals surface area contributed by atoms with Crippen molar-refractivity contribution in [3.05, 3.63) is 53.4 Å². The van der Waals surface area contributed by atoms with Crippen LogP contribution in [-0.4, -0.2) is 88.7 Å². The van der Waals surface area contributed by atoms with E-state index in [0.717, 1.165) is 53.7 Å². The predicted molar refractivity (Wildman–Crippen MR) is 233 cm³/mol. The fourth-order valence-corrected chi connectivity index (χ4v) is 11.3. The van der Waals surface area contributed by atoms with Gasteiger partial charge < -0.3 is 29.4 Å². The molecule has 4 amide bonds. The zero-order chi connectivity index (χ0) is 43.4. The number of carbonyl (C=O) groups excluding carboxylic acids is 4. The first-order chi connectivity index (χ1) is 29.7. The van der Waals surface area contributed by atoms with Crippen molar-refractivity contribution in [1.82, 2.24) is 30.2 Å². The van der Waals surface area contributed by atoms with Gasteiger partial charge >= 0.3 is 6.09 Å². The Morgan fingerprint density at radius 3 is 2.50 bits per heavy atom. The van der Waals surface area contributed by atoms with E-state index in [1.165, 1.54) is 4.90 Å². The monoisotopic (exact) mass is 886 g/mol. The molecule has 17 heteroatoms. The first kappa shape index (κ1) is 42.3. The second-order valence-electron chi connectivity index (χ2n) is 18.5. The smallest absolute Gasteiger partial charge is 0.408 e. The lowest BCUT2D eigenvalue weighted by atomic mass is 9.95. The Balaban J connectivity index is 1.06. The minimum absolute atomic E-state index is 0.00359. The van der Waals surface area contributed by atoms with Gasteiger partial charge in [-0.05, 0) is 93.9 Å². The van der Waals surface area contributed by atoms with Crippen molar-refractivity contribution in [3.8, 4) is 16.6 Å². The minimum atomic E-state index is -3.92. The lowest BCUT2D eigenvalue weighted by Crippen LogP contribution is -2.58. The van der Waals surface area contributed by atoms with Crippen LogP contribution in [0.5, 0.6) is 5.88 Å². The van der Waals surface area contributed by atoms with E-state index in [9.17, 15) is 27.6 Å². The molecule has 62 heavy (non-hydrogen) atoms. The van der Waals surface area contributed by atoms with Crippen molar-refractivity contribution in [1.29, 1.82) is 0 Å². The highest BCUT2D eigenvalue weighted by molar-refractivity contribution is 7.91. The molecule has 3 N–H and O–H groups in total. The maximum atomic E-state index is 14.8. The topological polar surface area (TPSA) is 199 Å². The number of fused-ring (bicyclic) bond motifs is 5. The summed E-state index contributed by atoms with van der Waals surface area (Å²) in [5, 5.41) is 5.89. The van der Waals surface area contributed by atoms with Crippen LogP contribution in [0.2, 0.25) is 0 Å². The summed E-state index contributed by atoms with van der Waals surface area (Å²) in [7, 11) is -3.92. The van der Waals surface area contributed by atoms with Crippen LogP contribution < -0.4 is 20.1 Å². The SMILES string of the molecule is CC(C)(C)c1ccc(-c2nc(O[C@@H]3C[C@H]4C(=O)N[C@]5(C(=O)NS(=O)(=O)C6CC6)C[C@H]5/C=C\CCCCC[C@H](NC(=O)OC5CCCC5)C(=O)N4C3)c3oc4ccccc4c3n2)s1. The molecule has 1 aromatic carbocycles. The Kier molecular flexibility index (Phi) is 11.3. The number of aromatic nitrogens is 2. The molecule has 0 radical (unpaired) electrons. The van der Waals surface area contributed by atoms with E-state index in [4.69, 9.17) is 23.9 Å². The molecule has 3 aliphatic carbocycles. The van der Waals surface area contributed by atoms with Crippen LogP contribution >= 0.6 is 11.3 Å². The first-order valence-electron chi connectivity index (χ1n) is 22.0. The van der Waals surface area contributed by atoms with Crippen molar-refractivity contribution in [2.75, 3.05) is 6.54 Å². The average molecular weight is 887 g/mol. The third-order valence-corrected chi connectivity index (χ3v) is 16.1. The van der Waals surface area contributed by atoms with Gasteiger partial charge in [-0.15, -0.1) is 11.3 Å². The van der Waals surface area contributed by atoms with Crippen LogP contribution in [0, 0.1) is 5.92 Å². The Labute approximate surface area is 364 Å². The summed E-state index contributed by atoms with van der Waals surface area (Å²) < 4.78 is 47.0. The van der Waals surface area contributed by atoms with Gasteiger partial charge in [0.25, 0.3) is 11.8 Å². The number of nitrogens with one attached hydrogen (secondary N) is 3. The quantitative estimate of drug-likeness (QED) is 0.158. The van der Waals surface area contributed by atoms with Gasteiger partial charge in [-0.3, -0.25) is 19.1 Å². The molecular weight excluding hydrogens is 833 g/mol. The highest BCUT2D eigenvalue weighted by atomic mass is 32.2. The summed E-state index contributed by atoms with van der Waals surface area (Å²) in [5.74, 6) is -1.77. The van der Waals surface area contributed by atoms with Crippen molar-refractivity contribution >= 4 is 67.2 Å². The normalized spacial score (nSPS) is 26.9. The number of hydrogen-bond donors (Lipinski definition) is 3. The third-order valence-electron chi connectivity index (χ3n) is 12.7. The molecule has 5 heterocycles. The molecule has 3 aromatic heterocycles. The number of carbonyl (C=O) groups is 4. The number of amides is 4. The number of ether oxygens (including phenoxy) is 2. The van der Waals surface area contributed by atoms with Gasteiger partial charge in [-0.25, -0.2) is 18.2 Å². The number of allylic oxidation sites excluding steroid dienone is 1. The summed E-state index contributed by atoms with van der Waals surface area (Å²) in [6, 6.07) is 9.42. The van der Waals surface area contributed by atoms with Crippen LogP contribution in [0.1, 0.15) is 109 Å². The largest absolute Gasteiger partial charge is 0.470 e. The van der Waals surface area contributed by atoms with Crippen LogP contribution in [-0.2, 0) is 34.6 Å². The van der Waals surface area contributed by atoms with E-state index >= 15 is 0 Å². The molecule has 0 spiro atoms. The summed E-state index contributed by atoms with van der Waals surface area (Å²) in [6.45, 7) is 6.37. The molecule has 15 nitrogen and oxygen atoms in total. The number of hydrogen-bond acceptors (Lipinski definition) is 12.